The average Bonchev–Trinajstić information content (AvgIpc) is 3.10. The molecule has 4 rings (SSSR count). The number of Topliss-reactive ketones (excluding diaryl/α,β-unsaturated/α-hetero) is 1. The molecule has 1 aliphatic heterocycles. The first-order valence-corrected chi connectivity index (χ1v) is 10.0. The largest absolute Gasteiger partial charge is 0.507 e. The van der Waals surface area contributed by atoms with Crippen LogP contribution in [0.5, 0.6) is 11.5 Å². The maximum Gasteiger partial charge on any atom is 0.300 e. The molecule has 1 atom stereocenters. The summed E-state index contributed by atoms with van der Waals surface area (Å²) in [5.74, 6) is -0.953. The fraction of sp³-hybridized carbons (Fsp3) is 0.125. The summed E-state index contributed by atoms with van der Waals surface area (Å²) in [5, 5.41) is 11.5. The number of anilines is 1. The predicted molar refractivity (Wildman–Crippen MR) is 120 cm³/mol. The minimum Gasteiger partial charge on any atom is -0.507 e. The number of ether oxygens (including phenoxy) is 2. The van der Waals surface area contributed by atoms with Crippen molar-refractivity contribution in [2.24, 2.45) is 0 Å². The molecule has 0 aliphatic carbocycles. The van der Waals surface area contributed by atoms with E-state index in [1.165, 1.54) is 25.2 Å². The number of nitrogens with zero attached hydrogens (tertiary/aromatic N) is 2. The van der Waals surface area contributed by atoms with Gasteiger partial charge in [0, 0.05) is 23.6 Å². The minimum atomic E-state index is -0.876. The number of hydrogen-bond donors (Lipinski definition) is 1. The Labute approximate surface area is 189 Å². The molecule has 1 aliphatic rings. The number of aliphatic hydroxyl groups excluding tert-OH is 1. The summed E-state index contributed by atoms with van der Waals surface area (Å²) in [6.45, 7) is 0. The van der Waals surface area contributed by atoms with Gasteiger partial charge in [-0.1, -0.05) is 17.7 Å². The summed E-state index contributed by atoms with van der Waals surface area (Å²) >= 11 is 6.09. The van der Waals surface area contributed by atoms with Gasteiger partial charge in [0.25, 0.3) is 11.7 Å². The maximum atomic E-state index is 13.1. The van der Waals surface area contributed by atoms with Gasteiger partial charge in [0.2, 0.25) is 0 Å². The number of pyridine rings is 1. The van der Waals surface area contributed by atoms with Crippen LogP contribution in [-0.4, -0.2) is 36.0 Å². The molecule has 3 aromatic rings. The van der Waals surface area contributed by atoms with Gasteiger partial charge in [-0.3, -0.25) is 19.5 Å². The molecule has 1 unspecified atom stereocenters. The number of benzene rings is 2. The Bertz CT molecular complexity index is 1210. The quantitative estimate of drug-likeness (QED) is 0.352. The molecule has 8 heteroatoms. The Morgan fingerprint density at radius 3 is 2.44 bits per heavy atom. The number of carbonyl (C=O) groups is 2. The molecule has 1 aromatic heterocycles. The van der Waals surface area contributed by atoms with Gasteiger partial charge < -0.3 is 14.6 Å². The number of carbonyl (C=O) groups excluding carboxylic acids is 2. The summed E-state index contributed by atoms with van der Waals surface area (Å²) in [7, 11) is 2.99. The van der Waals surface area contributed by atoms with Gasteiger partial charge in [-0.25, -0.2) is 0 Å². The Morgan fingerprint density at radius 2 is 1.81 bits per heavy atom. The van der Waals surface area contributed by atoms with E-state index in [1.54, 1.807) is 60.9 Å². The maximum absolute atomic E-state index is 13.1. The first-order chi connectivity index (χ1) is 15.5. The van der Waals surface area contributed by atoms with E-state index in [0.29, 0.717) is 33.3 Å². The van der Waals surface area contributed by atoms with E-state index >= 15 is 0 Å². The van der Waals surface area contributed by atoms with Gasteiger partial charge in [-0.2, -0.15) is 0 Å². The van der Waals surface area contributed by atoms with Gasteiger partial charge >= 0.3 is 0 Å². The van der Waals surface area contributed by atoms with Crippen LogP contribution in [0.4, 0.5) is 5.69 Å². The van der Waals surface area contributed by atoms with Crippen molar-refractivity contribution in [3.8, 4) is 11.5 Å². The number of hydrogen-bond acceptors (Lipinski definition) is 6. The topological polar surface area (TPSA) is 89.0 Å². The highest BCUT2D eigenvalue weighted by Gasteiger charge is 2.47. The third kappa shape index (κ3) is 3.67. The fourth-order valence-corrected chi connectivity index (χ4v) is 3.85. The molecular weight excluding hydrogens is 432 g/mol. The van der Waals surface area contributed by atoms with Gasteiger partial charge in [0.15, 0.2) is 0 Å². The smallest absolute Gasteiger partial charge is 0.300 e. The van der Waals surface area contributed by atoms with E-state index < -0.39 is 17.7 Å². The normalized spacial score (nSPS) is 17.5. The Hall–Kier alpha value is -3.84. The standard InChI is InChI=1S/C24H19ClN2O5/c1-31-17-8-6-16(7-9-17)27-21(15-4-3-11-26-13-15)20(23(29)24(27)30)22(28)14-5-10-18(25)19(12-14)32-2/h3-13,21,28H,1-2H3/b22-20-. The molecule has 2 aromatic carbocycles. The SMILES string of the molecule is COc1ccc(N2C(=O)C(=O)/C(=C(\O)c3ccc(Cl)c(OC)c3)C2c2cccnc2)cc1. The third-order valence-electron chi connectivity index (χ3n) is 5.22. The van der Waals surface area contributed by atoms with Crippen LogP contribution in [0.3, 0.4) is 0 Å². The van der Waals surface area contributed by atoms with Gasteiger partial charge in [0.1, 0.15) is 17.3 Å². The number of halogens is 1. The lowest BCUT2D eigenvalue weighted by atomic mass is 9.96. The molecule has 0 saturated carbocycles. The second-order valence-electron chi connectivity index (χ2n) is 7.00. The van der Waals surface area contributed by atoms with E-state index in [1.807, 2.05) is 0 Å². The monoisotopic (exact) mass is 450 g/mol. The summed E-state index contributed by atoms with van der Waals surface area (Å²) in [6, 6.07) is 13.9. The zero-order valence-corrected chi connectivity index (χ0v) is 18.0. The highest BCUT2D eigenvalue weighted by molar-refractivity contribution is 6.51. The van der Waals surface area contributed by atoms with Crippen LogP contribution in [0, 0.1) is 0 Å². The summed E-state index contributed by atoms with van der Waals surface area (Å²) in [5.41, 5.74) is 1.30. The first-order valence-electron chi connectivity index (χ1n) is 9.65. The van der Waals surface area contributed by atoms with Crippen LogP contribution >= 0.6 is 11.6 Å². The molecular formula is C24H19ClN2O5. The third-order valence-corrected chi connectivity index (χ3v) is 5.53. The predicted octanol–water partition coefficient (Wildman–Crippen LogP) is 4.38. The van der Waals surface area contributed by atoms with Gasteiger partial charge in [0.05, 0.1) is 30.9 Å². The van der Waals surface area contributed by atoms with E-state index in [2.05, 4.69) is 4.98 Å². The van der Waals surface area contributed by atoms with Crippen molar-refractivity contribution in [3.63, 3.8) is 0 Å². The Morgan fingerprint density at radius 1 is 1.06 bits per heavy atom. The van der Waals surface area contributed by atoms with Crippen LogP contribution in [-0.2, 0) is 9.59 Å². The molecule has 1 amide bonds. The molecule has 0 spiro atoms. The molecule has 32 heavy (non-hydrogen) atoms. The fourth-order valence-electron chi connectivity index (χ4n) is 3.66. The van der Waals surface area contributed by atoms with Crippen molar-refractivity contribution in [1.82, 2.24) is 4.98 Å². The molecule has 162 valence electrons. The van der Waals surface area contributed by atoms with E-state index in [-0.39, 0.29) is 11.3 Å². The average molecular weight is 451 g/mol. The molecule has 1 N–H and O–H groups in total. The molecule has 2 heterocycles. The molecule has 0 bridgehead atoms. The molecule has 0 radical (unpaired) electrons. The summed E-state index contributed by atoms with van der Waals surface area (Å²) in [4.78, 5) is 31.7. The minimum absolute atomic E-state index is 0.0526. The number of ketones is 1. The van der Waals surface area contributed by atoms with Crippen molar-refractivity contribution in [3.05, 3.63) is 88.7 Å². The first kappa shape index (κ1) is 21.4. The second kappa shape index (κ2) is 8.72. The zero-order chi connectivity index (χ0) is 22.8. The zero-order valence-electron chi connectivity index (χ0n) is 17.3. The highest BCUT2D eigenvalue weighted by atomic mass is 35.5. The van der Waals surface area contributed by atoms with Gasteiger partial charge in [-0.05, 0) is 54.1 Å². The van der Waals surface area contributed by atoms with Crippen LogP contribution in [0.2, 0.25) is 5.02 Å². The highest BCUT2D eigenvalue weighted by Crippen LogP contribution is 2.42. The van der Waals surface area contributed by atoms with Crippen LogP contribution in [0.1, 0.15) is 17.2 Å². The van der Waals surface area contributed by atoms with Crippen molar-refractivity contribution in [1.29, 1.82) is 0 Å². The molecule has 1 saturated heterocycles. The second-order valence-corrected chi connectivity index (χ2v) is 7.41. The lowest BCUT2D eigenvalue weighted by Crippen LogP contribution is -2.29. The summed E-state index contributed by atoms with van der Waals surface area (Å²) in [6.07, 6.45) is 3.15. The van der Waals surface area contributed by atoms with E-state index in [4.69, 9.17) is 21.1 Å². The van der Waals surface area contributed by atoms with Crippen molar-refractivity contribution in [2.45, 2.75) is 6.04 Å². The lowest BCUT2D eigenvalue weighted by Gasteiger charge is -2.25. The molecule has 1 fully saturated rings. The van der Waals surface area contributed by atoms with Crippen LogP contribution in [0.25, 0.3) is 5.76 Å². The van der Waals surface area contributed by atoms with Crippen LogP contribution < -0.4 is 14.4 Å². The number of amides is 1. The summed E-state index contributed by atoms with van der Waals surface area (Å²) < 4.78 is 10.4. The number of methoxy groups -OCH3 is 2. The Balaban J connectivity index is 1.91. The number of aromatic nitrogens is 1. The Kier molecular flexibility index (Phi) is 5.83. The number of rotatable bonds is 5. The van der Waals surface area contributed by atoms with Crippen molar-refractivity contribution in [2.75, 3.05) is 19.1 Å². The van der Waals surface area contributed by atoms with E-state index in [9.17, 15) is 14.7 Å². The van der Waals surface area contributed by atoms with E-state index in [0.717, 1.165) is 0 Å². The van der Waals surface area contributed by atoms with Crippen LogP contribution in [0.15, 0.2) is 72.6 Å². The number of aliphatic hydroxyl groups is 1. The van der Waals surface area contributed by atoms with Crippen molar-refractivity contribution < 1.29 is 24.2 Å². The van der Waals surface area contributed by atoms with Gasteiger partial charge in [-0.15, -0.1) is 0 Å². The lowest BCUT2D eigenvalue weighted by molar-refractivity contribution is -0.132. The van der Waals surface area contributed by atoms with Crippen molar-refractivity contribution >= 4 is 34.7 Å². The molecule has 7 nitrogen and oxygen atoms in total.